The number of pyridine rings is 1. The van der Waals surface area contributed by atoms with E-state index in [1.54, 1.807) is 13.3 Å². The maximum Gasteiger partial charge on any atom is 0.233 e. The highest BCUT2D eigenvalue weighted by atomic mass is 16.5. The Hall–Kier alpha value is -3.19. The van der Waals surface area contributed by atoms with Gasteiger partial charge in [0.05, 0.1) is 13.3 Å². The largest absolute Gasteiger partial charge is 0.480 e. The van der Waals surface area contributed by atoms with E-state index in [0.29, 0.717) is 24.4 Å². The van der Waals surface area contributed by atoms with Crippen LogP contribution in [0.2, 0.25) is 0 Å². The summed E-state index contributed by atoms with van der Waals surface area (Å²) in [6, 6.07) is 13.0. The molecule has 7 heteroatoms. The second-order valence-corrected chi connectivity index (χ2v) is 9.48. The van der Waals surface area contributed by atoms with E-state index in [-0.39, 0.29) is 5.54 Å². The summed E-state index contributed by atoms with van der Waals surface area (Å²) in [5.41, 5.74) is 5.53. The van der Waals surface area contributed by atoms with Crippen molar-refractivity contribution in [3.05, 3.63) is 48.2 Å². The molecule has 7 nitrogen and oxygen atoms in total. The van der Waals surface area contributed by atoms with Crippen LogP contribution in [-0.2, 0) is 6.61 Å². The summed E-state index contributed by atoms with van der Waals surface area (Å²) in [5.74, 6) is 2.20. The number of nitrogens with one attached hydrogen (secondary N) is 1. The van der Waals surface area contributed by atoms with Gasteiger partial charge in [0.15, 0.2) is 0 Å². The van der Waals surface area contributed by atoms with Gasteiger partial charge in [0.2, 0.25) is 11.8 Å². The molecule has 1 fully saturated rings. The number of anilines is 1. The summed E-state index contributed by atoms with van der Waals surface area (Å²) in [5, 5.41) is 11.8. The van der Waals surface area contributed by atoms with Gasteiger partial charge in [-0.15, -0.1) is 5.10 Å². The van der Waals surface area contributed by atoms with Crippen LogP contribution in [0.15, 0.2) is 42.6 Å². The summed E-state index contributed by atoms with van der Waals surface area (Å²) >= 11 is 0. The highest BCUT2D eigenvalue weighted by Crippen LogP contribution is 2.39. The van der Waals surface area contributed by atoms with Crippen molar-refractivity contribution in [2.45, 2.75) is 51.8 Å². The monoisotopic (exact) mass is 445 g/mol. The van der Waals surface area contributed by atoms with Crippen LogP contribution in [0.1, 0.15) is 39.2 Å². The predicted molar refractivity (Wildman–Crippen MR) is 130 cm³/mol. The molecule has 33 heavy (non-hydrogen) atoms. The van der Waals surface area contributed by atoms with Gasteiger partial charge < -0.3 is 19.7 Å². The maximum absolute atomic E-state index is 6.10. The summed E-state index contributed by atoms with van der Waals surface area (Å²) in [7, 11) is 1.59. The molecule has 2 aromatic heterocycles. The number of nitrogens with zero attached hydrogens (tertiary/aromatic N) is 4. The first-order valence-corrected chi connectivity index (χ1v) is 11.6. The van der Waals surface area contributed by atoms with E-state index in [1.807, 2.05) is 6.07 Å². The van der Waals surface area contributed by atoms with Gasteiger partial charge in [-0.3, -0.25) is 0 Å². The summed E-state index contributed by atoms with van der Waals surface area (Å²) in [4.78, 5) is 7.25. The Morgan fingerprint density at radius 3 is 2.82 bits per heavy atom. The fraction of sp³-hybridized carbons (Fsp3) is 0.423. The van der Waals surface area contributed by atoms with Crippen molar-refractivity contribution < 1.29 is 9.47 Å². The van der Waals surface area contributed by atoms with Gasteiger partial charge in [0, 0.05) is 41.9 Å². The molecule has 3 aromatic rings. The molecule has 2 aliphatic rings. The Labute approximate surface area is 195 Å². The second-order valence-electron chi connectivity index (χ2n) is 9.48. The van der Waals surface area contributed by atoms with Crippen molar-refractivity contribution in [2.75, 3.05) is 25.1 Å². The number of hydrogen-bond donors (Lipinski definition) is 1. The van der Waals surface area contributed by atoms with E-state index in [4.69, 9.17) is 14.5 Å². The lowest BCUT2D eigenvalue weighted by molar-refractivity contribution is 0.290. The number of fused-ring (bicyclic) bond motifs is 3. The van der Waals surface area contributed by atoms with E-state index in [9.17, 15) is 0 Å². The first-order chi connectivity index (χ1) is 16.0. The van der Waals surface area contributed by atoms with Gasteiger partial charge in [-0.05, 0) is 61.6 Å². The van der Waals surface area contributed by atoms with E-state index in [0.717, 1.165) is 54.0 Å². The molecule has 0 spiro atoms. The van der Waals surface area contributed by atoms with Crippen molar-refractivity contribution in [1.29, 1.82) is 0 Å². The van der Waals surface area contributed by atoms with Crippen LogP contribution in [0.25, 0.3) is 22.3 Å². The van der Waals surface area contributed by atoms with Gasteiger partial charge in [-0.25, -0.2) is 0 Å². The molecule has 1 aromatic carbocycles. The molecule has 5 rings (SSSR count). The molecule has 0 aliphatic carbocycles. The normalized spacial score (nSPS) is 17.3. The standard InChI is InChI=1S/C26H31N5O2/c1-5-26(2,3)29-20-10-11-31(15-20)23-9-8-22-21-7-6-17(12-19(21)16-33-25(22)28-23)18-13-24(32-4)30-27-14-18/h6-9,12-14,20,29H,5,10-11,15-16H2,1-4H3. The molecule has 0 amide bonds. The van der Waals surface area contributed by atoms with Crippen molar-refractivity contribution in [2.24, 2.45) is 0 Å². The van der Waals surface area contributed by atoms with Crippen LogP contribution in [0, 0.1) is 0 Å². The Kier molecular flexibility index (Phi) is 5.66. The highest BCUT2D eigenvalue weighted by Gasteiger charge is 2.29. The second kappa shape index (κ2) is 8.63. The van der Waals surface area contributed by atoms with Crippen molar-refractivity contribution in [3.63, 3.8) is 0 Å². The third-order valence-electron chi connectivity index (χ3n) is 6.77. The lowest BCUT2D eigenvalue weighted by Crippen LogP contribution is -2.46. The quantitative estimate of drug-likeness (QED) is 0.600. The molecule has 172 valence electrons. The Bertz CT molecular complexity index is 1160. The minimum absolute atomic E-state index is 0.160. The van der Waals surface area contributed by atoms with Crippen molar-refractivity contribution in [1.82, 2.24) is 20.5 Å². The third kappa shape index (κ3) is 4.37. The number of methoxy groups -OCH3 is 1. The summed E-state index contributed by atoms with van der Waals surface area (Å²) in [6.07, 6.45) is 3.99. The first kappa shape index (κ1) is 21.6. The van der Waals surface area contributed by atoms with Crippen LogP contribution in [0.5, 0.6) is 11.8 Å². The molecule has 0 saturated carbocycles. The predicted octanol–water partition coefficient (Wildman–Crippen LogP) is 4.46. The third-order valence-corrected chi connectivity index (χ3v) is 6.77. The topological polar surface area (TPSA) is 72.4 Å². The fourth-order valence-corrected chi connectivity index (χ4v) is 4.57. The molecule has 1 N–H and O–H groups in total. The zero-order chi connectivity index (χ0) is 23.0. The van der Waals surface area contributed by atoms with Crippen LogP contribution in [-0.4, -0.2) is 47.0 Å². The summed E-state index contributed by atoms with van der Waals surface area (Å²) in [6.45, 7) is 9.24. The minimum Gasteiger partial charge on any atom is -0.480 e. The lowest BCUT2D eigenvalue weighted by atomic mass is 9.95. The molecule has 0 radical (unpaired) electrons. The van der Waals surface area contributed by atoms with E-state index >= 15 is 0 Å². The zero-order valence-corrected chi connectivity index (χ0v) is 19.8. The molecule has 0 bridgehead atoms. The van der Waals surface area contributed by atoms with Gasteiger partial charge in [0.1, 0.15) is 12.4 Å². The minimum atomic E-state index is 0.160. The van der Waals surface area contributed by atoms with E-state index in [2.05, 4.69) is 71.5 Å². The molecule has 1 unspecified atom stereocenters. The lowest BCUT2D eigenvalue weighted by Gasteiger charge is -2.29. The number of ether oxygens (including phenoxy) is 2. The molecule has 1 atom stereocenters. The highest BCUT2D eigenvalue weighted by molar-refractivity contribution is 5.78. The Balaban J connectivity index is 1.36. The number of hydrogen-bond acceptors (Lipinski definition) is 7. The Morgan fingerprint density at radius 1 is 1.15 bits per heavy atom. The Morgan fingerprint density at radius 2 is 2.00 bits per heavy atom. The van der Waals surface area contributed by atoms with Crippen LogP contribution >= 0.6 is 0 Å². The van der Waals surface area contributed by atoms with Crippen molar-refractivity contribution in [3.8, 4) is 34.0 Å². The smallest absolute Gasteiger partial charge is 0.233 e. The number of rotatable bonds is 6. The van der Waals surface area contributed by atoms with Crippen LogP contribution < -0.4 is 19.7 Å². The average Bonchev–Trinajstić information content (AvgIpc) is 3.31. The van der Waals surface area contributed by atoms with Crippen LogP contribution in [0.4, 0.5) is 5.82 Å². The van der Waals surface area contributed by atoms with E-state index in [1.165, 1.54) is 5.56 Å². The van der Waals surface area contributed by atoms with E-state index < -0.39 is 0 Å². The fourth-order valence-electron chi connectivity index (χ4n) is 4.57. The first-order valence-electron chi connectivity index (χ1n) is 11.6. The SMILES string of the molecule is CCC(C)(C)NC1CCN(c2ccc3c(n2)OCc2cc(-c4cnnc(OC)c4)ccc2-3)C1. The molecule has 2 aliphatic heterocycles. The molecule has 1 saturated heterocycles. The molecule has 4 heterocycles. The van der Waals surface area contributed by atoms with Crippen LogP contribution in [0.3, 0.4) is 0 Å². The van der Waals surface area contributed by atoms with Crippen molar-refractivity contribution >= 4 is 5.82 Å². The number of benzene rings is 1. The van der Waals surface area contributed by atoms with Gasteiger partial charge in [0.25, 0.3) is 0 Å². The molecular weight excluding hydrogens is 414 g/mol. The maximum atomic E-state index is 6.10. The number of aromatic nitrogens is 3. The van der Waals surface area contributed by atoms with Gasteiger partial charge in [-0.1, -0.05) is 19.1 Å². The molecular formula is C26H31N5O2. The zero-order valence-electron chi connectivity index (χ0n) is 19.8. The average molecular weight is 446 g/mol. The summed E-state index contributed by atoms with van der Waals surface area (Å²) < 4.78 is 11.3. The van der Waals surface area contributed by atoms with Gasteiger partial charge >= 0.3 is 0 Å². The van der Waals surface area contributed by atoms with Gasteiger partial charge in [-0.2, -0.15) is 10.1 Å².